The SMILES string of the molecule is CCC1(CN2C(=O)C3CCCN3C(=O)C2C)CCCC1. The van der Waals surface area contributed by atoms with Crippen LogP contribution in [0.5, 0.6) is 0 Å². The number of carbonyl (C=O) groups excluding carboxylic acids is 2. The zero-order valence-electron chi connectivity index (χ0n) is 12.7. The van der Waals surface area contributed by atoms with Crippen molar-refractivity contribution in [3.05, 3.63) is 0 Å². The normalized spacial score (nSPS) is 32.9. The van der Waals surface area contributed by atoms with Crippen LogP contribution in [0.3, 0.4) is 0 Å². The Morgan fingerprint density at radius 1 is 1.15 bits per heavy atom. The summed E-state index contributed by atoms with van der Waals surface area (Å²) < 4.78 is 0. The molecular weight excluding hydrogens is 252 g/mol. The van der Waals surface area contributed by atoms with E-state index in [1.165, 1.54) is 25.7 Å². The minimum Gasteiger partial charge on any atom is -0.329 e. The second-order valence-corrected chi connectivity index (χ2v) is 6.89. The predicted molar refractivity (Wildman–Crippen MR) is 77.1 cm³/mol. The maximum absolute atomic E-state index is 12.7. The summed E-state index contributed by atoms with van der Waals surface area (Å²) in [6, 6.07) is -0.421. The number of carbonyl (C=O) groups is 2. The standard InChI is InChI=1S/C16H26N2O2/c1-3-16(8-4-5-9-16)11-18-12(2)14(19)17-10-6-7-13(17)15(18)20/h12-13H,3-11H2,1-2H3. The van der Waals surface area contributed by atoms with Crippen molar-refractivity contribution < 1.29 is 9.59 Å². The topological polar surface area (TPSA) is 40.6 Å². The largest absolute Gasteiger partial charge is 0.329 e. The summed E-state index contributed by atoms with van der Waals surface area (Å²) in [4.78, 5) is 28.9. The van der Waals surface area contributed by atoms with Gasteiger partial charge in [0.1, 0.15) is 12.1 Å². The molecule has 2 saturated heterocycles. The average Bonchev–Trinajstić information content (AvgIpc) is 3.11. The van der Waals surface area contributed by atoms with Crippen molar-refractivity contribution in [3.63, 3.8) is 0 Å². The van der Waals surface area contributed by atoms with Crippen molar-refractivity contribution in [1.29, 1.82) is 0 Å². The third kappa shape index (κ3) is 2.04. The quantitative estimate of drug-likeness (QED) is 0.794. The van der Waals surface area contributed by atoms with Gasteiger partial charge in [0.25, 0.3) is 0 Å². The van der Waals surface area contributed by atoms with E-state index in [9.17, 15) is 9.59 Å². The van der Waals surface area contributed by atoms with Crippen LogP contribution in [0, 0.1) is 5.41 Å². The van der Waals surface area contributed by atoms with E-state index in [4.69, 9.17) is 0 Å². The van der Waals surface area contributed by atoms with E-state index in [0.29, 0.717) is 0 Å². The molecule has 2 amide bonds. The highest BCUT2D eigenvalue weighted by atomic mass is 16.2. The van der Waals surface area contributed by atoms with E-state index in [-0.39, 0.29) is 29.3 Å². The highest BCUT2D eigenvalue weighted by Crippen LogP contribution is 2.42. The second-order valence-electron chi connectivity index (χ2n) is 6.89. The summed E-state index contributed by atoms with van der Waals surface area (Å²) in [7, 11) is 0. The molecular formula is C16H26N2O2. The van der Waals surface area contributed by atoms with E-state index in [1.807, 2.05) is 16.7 Å². The monoisotopic (exact) mass is 278 g/mol. The lowest BCUT2D eigenvalue weighted by molar-refractivity contribution is -0.160. The second kappa shape index (κ2) is 5.05. The van der Waals surface area contributed by atoms with Crippen molar-refractivity contribution in [2.45, 2.75) is 70.9 Å². The Morgan fingerprint density at radius 3 is 2.50 bits per heavy atom. The number of fused-ring (bicyclic) bond motifs is 1. The fourth-order valence-electron chi connectivity index (χ4n) is 4.37. The molecule has 112 valence electrons. The van der Waals surface area contributed by atoms with Crippen molar-refractivity contribution in [3.8, 4) is 0 Å². The van der Waals surface area contributed by atoms with Gasteiger partial charge in [0.2, 0.25) is 11.8 Å². The molecule has 3 aliphatic rings. The summed E-state index contributed by atoms with van der Waals surface area (Å²) in [5.41, 5.74) is 0.269. The fraction of sp³-hybridized carbons (Fsp3) is 0.875. The first kappa shape index (κ1) is 13.9. The Bertz CT molecular complexity index is 415. The van der Waals surface area contributed by atoms with E-state index in [1.54, 1.807) is 0 Å². The number of nitrogens with zero attached hydrogens (tertiary/aromatic N) is 2. The molecule has 0 aromatic rings. The Labute approximate surface area is 121 Å². The highest BCUT2D eigenvalue weighted by Gasteiger charge is 2.48. The summed E-state index contributed by atoms with van der Waals surface area (Å²) in [6.45, 7) is 5.70. The lowest BCUT2D eigenvalue weighted by Gasteiger charge is -2.44. The van der Waals surface area contributed by atoms with E-state index < -0.39 is 0 Å². The minimum atomic E-state index is -0.263. The Balaban J connectivity index is 1.81. The Hall–Kier alpha value is -1.06. The zero-order chi connectivity index (χ0) is 14.3. The van der Waals surface area contributed by atoms with Gasteiger partial charge in [-0.1, -0.05) is 19.8 Å². The van der Waals surface area contributed by atoms with Gasteiger partial charge in [-0.05, 0) is 44.4 Å². The smallest absolute Gasteiger partial charge is 0.246 e. The summed E-state index contributed by atoms with van der Waals surface area (Å²) in [5, 5.41) is 0. The molecule has 3 fully saturated rings. The molecule has 1 saturated carbocycles. The van der Waals surface area contributed by atoms with Crippen molar-refractivity contribution in [2.75, 3.05) is 13.1 Å². The van der Waals surface area contributed by atoms with Crippen LogP contribution in [0.1, 0.15) is 58.8 Å². The van der Waals surface area contributed by atoms with E-state index in [0.717, 1.165) is 32.4 Å². The van der Waals surface area contributed by atoms with Gasteiger partial charge in [-0.3, -0.25) is 9.59 Å². The molecule has 0 bridgehead atoms. The van der Waals surface area contributed by atoms with Gasteiger partial charge < -0.3 is 9.80 Å². The summed E-state index contributed by atoms with van der Waals surface area (Å²) in [5.74, 6) is 0.366. The van der Waals surface area contributed by atoms with Crippen molar-refractivity contribution in [2.24, 2.45) is 5.41 Å². The fourth-order valence-corrected chi connectivity index (χ4v) is 4.37. The van der Waals surface area contributed by atoms with Crippen LogP contribution in [0.4, 0.5) is 0 Å². The molecule has 0 aromatic heterocycles. The van der Waals surface area contributed by atoms with E-state index in [2.05, 4.69) is 6.92 Å². The predicted octanol–water partition coefficient (Wildman–Crippen LogP) is 2.18. The molecule has 0 radical (unpaired) electrons. The summed E-state index contributed by atoms with van der Waals surface area (Å²) >= 11 is 0. The first-order valence-electron chi connectivity index (χ1n) is 8.19. The maximum atomic E-state index is 12.7. The molecule has 3 rings (SSSR count). The van der Waals surface area contributed by atoms with Crippen LogP contribution in [0.15, 0.2) is 0 Å². The first-order valence-corrected chi connectivity index (χ1v) is 8.19. The number of hydrogen-bond donors (Lipinski definition) is 0. The van der Waals surface area contributed by atoms with Crippen LogP contribution < -0.4 is 0 Å². The van der Waals surface area contributed by atoms with Gasteiger partial charge in [0.05, 0.1) is 0 Å². The molecule has 2 atom stereocenters. The molecule has 2 heterocycles. The van der Waals surface area contributed by atoms with E-state index >= 15 is 0 Å². The van der Waals surface area contributed by atoms with Crippen molar-refractivity contribution >= 4 is 11.8 Å². The third-order valence-electron chi connectivity index (χ3n) is 5.85. The van der Waals surface area contributed by atoms with Crippen LogP contribution in [-0.4, -0.2) is 46.8 Å². The Kier molecular flexibility index (Phi) is 3.51. The Morgan fingerprint density at radius 2 is 1.85 bits per heavy atom. The number of rotatable bonds is 3. The lowest BCUT2D eigenvalue weighted by atomic mass is 9.82. The minimum absolute atomic E-state index is 0.158. The zero-order valence-corrected chi connectivity index (χ0v) is 12.7. The number of amides is 2. The average molecular weight is 278 g/mol. The molecule has 0 aromatic carbocycles. The molecule has 0 spiro atoms. The maximum Gasteiger partial charge on any atom is 0.246 e. The number of hydrogen-bond acceptors (Lipinski definition) is 2. The van der Waals surface area contributed by atoms with Gasteiger partial charge in [0, 0.05) is 13.1 Å². The first-order chi connectivity index (χ1) is 9.58. The van der Waals surface area contributed by atoms with Crippen LogP contribution in [0.25, 0.3) is 0 Å². The number of piperazine rings is 1. The van der Waals surface area contributed by atoms with Gasteiger partial charge in [-0.25, -0.2) is 0 Å². The molecule has 0 N–H and O–H groups in total. The van der Waals surface area contributed by atoms with Gasteiger partial charge in [-0.15, -0.1) is 0 Å². The van der Waals surface area contributed by atoms with Crippen molar-refractivity contribution in [1.82, 2.24) is 9.80 Å². The lowest BCUT2D eigenvalue weighted by Crippen LogP contribution is -2.63. The molecule has 20 heavy (non-hydrogen) atoms. The molecule has 2 unspecified atom stereocenters. The summed E-state index contributed by atoms with van der Waals surface area (Å²) in [6.07, 6.45) is 7.91. The van der Waals surface area contributed by atoms with Crippen LogP contribution in [-0.2, 0) is 9.59 Å². The van der Waals surface area contributed by atoms with Crippen LogP contribution in [0.2, 0.25) is 0 Å². The van der Waals surface area contributed by atoms with Crippen LogP contribution >= 0.6 is 0 Å². The van der Waals surface area contributed by atoms with Gasteiger partial charge in [0.15, 0.2) is 0 Å². The molecule has 4 heteroatoms. The highest BCUT2D eigenvalue weighted by molar-refractivity contribution is 5.97. The molecule has 1 aliphatic carbocycles. The molecule has 4 nitrogen and oxygen atoms in total. The van der Waals surface area contributed by atoms with Gasteiger partial charge >= 0.3 is 0 Å². The van der Waals surface area contributed by atoms with Gasteiger partial charge in [-0.2, -0.15) is 0 Å². The molecule has 2 aliphatic heterocycles. The third-order valence-corrected chi connectivity index (χ3v) is 5.85.